The lowest BCUT2D eigenvalue weighted by atomic mass is 10.1. The lowest BCUT2D eigenvalue weighted by Crippen LogP contribution is -2.04. The Bertz CT molecular complexity index is 685. The van der Waals surface area contributed by atoms with Gasteiger partial charge >= 0.3 is 5.97 Å². The van der Waals surface area contributed by atoms with E-state index in [9.17, 15) is 9.90 Å². The summed E-state index contributed by atoms with van der Waals surface area (Å²) in [4.78, 5) is 16.0. The van der Waals surface area contributed by atoms with Gasteiger partial charge in [0.25, 0.3) is 0 Å². The summed E-state index contributed by atoms with van der Waals surface area (Å²) in [7, 11) is 0. The monoisotopic (exact) mass is 319 g/mol. The lowest BCUT2D eigenvalue weighted by Gasteiger charge is -2.08. The van der Waals surface area contributed by atoms with E-state index in [1.54, 1.807) is 6.07 Å². The Morgan fingerprint density at radius 3 is 2.76 bits per heavy atom. The molecule has 0 saturated heterocycles. The highest BCUT2D eigenvalue weighted by molar-refractivity contribution is 7.98. The van der Waals surface area contributed by atoms with Crippen LogP contribution in [0.25, 0.3) is 0 Å². The van der Waals surface area contributed by atoms with Crippen LogP contribution in [0.5, 0.6) is 0 Å². The van der Waals surface area contributed by atoms with Crippen LogP contribution < -0.4 is 0 Å². The van der Waals surface area contributed by atoms with E-state index < -0.39 is 5.97 Å². The summed E-state index contributed by atoms with van der Waals surface area (Å²) < 4.78 is 0. The van der Waals surface area contributed by atoms with Gasteiger partial charge in [-0.2, -0.15) is 0 Å². The maximum Gasteiger partial charge on any atom is 0.338 e. The number of aromatic carboxylic acids is 1. The number of aromatic nitrogens is 1. The summed E-state index contributed by atoms with van der Waals surface area (Å²) in [5.74, 6) is -0.223. The van der Waals surface area contributed by atoms with Gasteiger partial charge in [-0.05, 0) is 48.6 Å². The molecule has 21 heavy (non-hydrogen) atoms. The first-order chi connectivity index (χ1) is 10.1. The molecule has 0 fully saturated rings. The Balaban J connectivity index is 1.84. The molecule has 0 unspecified atom stereocenters. The molecule has 1 aromatic carbocycles. The van der Waals surface area contributed by atoms with Crippen molar-refractivity contribution < 1.29 is 9.90 Å². The second-order valence-corrected chi connectivity index (χ2v) is 6.42. The van der Waals surface area contributed by atoms with Crippen LogP contribution in [0, 0.1) is 0 Å². The first kappa shape index (κ1) is 14.4. The molecule has 0 amide bonds. The Kier molecular flexibility index (Phi) is 4.17. The van der Waals surface area contributed by atoms with Crippen LogP contribution in [0.1, 0.15) is 33.6 Å². The minimum atomic E-state index is -0.907. The van der Waals surface area contributed by atoms with Crippen LogP contribution in [0.15, 0.2) is 35.4 Å². The number of hydrogen-bond donors (Lipinski definition) is 1. The summed E-state index contributed by atoms with van der Waals surface area (Å²) in [5, 5.41) is 10.7. The van der Waals surface area contributed by atoms with Gasteiger partial charge in [0.05, 0.1) is 5.56 Å². The topological polar surface area (TPSA) is 50.2 Å². The Morgan fingerprint density at radius 2 is 2.05 bits per heavy atom. The van der Waals surface area contributed by atoms with Gasteiger partial charge in [-0.3, -0.25) is 0 Å². The smallest absolute Gasteiger partial charge is 0.338 e. The fourth-order valence-electron chi connectivity index (χ4n) is 2.45. The molecular formula is C16H14ClNO2S. The zero-order chi connectivity index (χ0) is 14.8. The van der Waals surface area contributed by atoms with E-state index in [4.69, 9.17) is 11.6 Å². The van der Waals surface area contributed by atoms with Gasteiger partial charge in [-0.1, -0.05) is 23.7 Å². The summed E-state index contributed by atoms with van der Waals surface area (Å²) in [5.41, 5.74) is 3.56. The molecule has 0 aliphatic heterocycles. The maximum absolute atomic E-state index is 11.4. The highest BCUT2D eigenvalue weighted by Gasteiger charge is 2.20. The van der Waals surface area contributed by atoms with Crippen LogP contribution in [-0.2, 0) is 18.6 Å². The third kappa shape index (κ3) is 3.22. The van der Waals surface area contributed by atoms with Gasteiger partial charge in [0.15, 0.2) is 0 Å². The zero-order valence-corrected chi connectivity index (χ0v) is 12.9. The number of aryl methyl sites for hydroxylation is 2. The second kappa shape index (κ2) is 6.08. The largest absolute Gasteiger partial charge is 0.478 e. The van der Waals surface area contributed by atoms with E-state index in [1.165, 1.54) is 11.8 Å². The molecule has 5 heteroatoms. The van der Waals surface area contributed by atoms with Crippen molar-refractivity contribution in [2.45, 2.75) is 30.0 Å². The highest BCUT2D eigenvalue weighted by Crippen LogP contribution is 2.30. The molecule has 3 rings (SSSR count). The molecule has 1 N–H and O–H groups in total. The molecule has 0 atom stereocenters. The zero-order valence-electron chi connectivity index (χ0n) is 11.3. The molecule has 1 heterocycles. The van der Waals surface area contributed by atoms with Gasteiger partial charge in [0, 0.05) is 16.5 Å². The maximum atomic E-state index is 11.4. The van der Waals surface area contributed by atoms with Gasteiger partial charge < -0.3 is 5.11 Å². The van der Waals surface area contributed by atoms with Crippen molar-refractivity contribution in [3.05, 3.63) is 57.7 Å². The van der Waals surface area contributed by atoms with Crippen LogP contribution in [-0.4, -0.2) is 16.1 Å². The molecule has 0 bridgehead atoms. The van der Waals surface area contributed by atoms with E-state index in [1.807, 2.05) is 24.3 Å². The number of rotatable bonds is 4. The first-order valence-corrected chi connectivity index (χ1v) is 8.13. The molecular weight excluding hydrogens is 306 g/mol. The predicted octanol–water partition coefficient (Wildman–Crippen LogP) is 4.21. The summed E-state index contributed by atoms with van der Waals surface area (Å²) in [6.45, 7) is 0. The molecule has 0 saturated carbocycles. The number of benzene rings is 1. The van der Waals surface area contributed by atoms with Gasteiger partial charge in [0.2, 0.25) is 0 Å². The van der Waals surface area contributed by atoms with Crippen molar-refractivity contribution in [1.29, 1.82) is 0 Å². The van der Waals surface area contributed by atoms with Crippen molar-refractivity contribution in [1.82, 2.24) is 4.98 Å². The molecule has 2 aromatic rings. The quantitative estimate of drug-likeness (QED) is 0.857. The molecule has 3 nitrogen and oxygen atoms in total. The number of fused-ring (bicyclic) bond motifs is 1. The number of pyridine rings is 1. The SMILES string of the molecule is O=C(O)c1cc2c(nc1SCc1ccc(Cl)cc1)CCC2. The van der Waals surface area contributed by atoms with E-state index >= 15 is 0 Å². The Labute approximate surface area is 132 Å². The molecule has 1 aromatic heterocycles. The van der Waals surface area contributed by atoms with E-state index in [-0.39, 0.29) is 0 Å². The number of nitrogens with zero attached hydrogens (tertiary/aromatic N) is 1. The van der Waals surface area contributed by atoms with Crippen molar-refractivity contribution in [3.8, 4) is 0 Å². The van der Waals surface area contributed by atoms with Crippen LogP contribution in [0.3, 0.4) is 0 Å². The minimum Gasteiger partial charge on any atom is -0.478 e. The van der Waals surface area contributed by atoms with Crippen LogP contribution in [0.4, 0.5) is 0 Å². The molecule has 108 valence electrons. The number of halogens is 1. The molecule has 0 radical (unpaired) electrons. The number of carbonyl (C=O) groups is 1. The standard InChI is InChI=1S/C16H14ClNO2S/c17-12-6-4-10(5-7-12)9-21-15-13(16(19)20)8-11-2-1-3-14(11)18-15/h4-8H,1-3,9H2,(H,19,20). The summed E-state index contributed by atoms with van der Waals surface area (Å²) in [6.07, 6.45) is 2.95. The van der Waals surface area contributed by atoms with Crippen molar-refractivity contribution >= 4 is 29.3 Å². The highest BCUT2D eigenvalue weighted by atomic mass is 35.5. The van der Waals surface area contributed by atoms with Crippen LogP contribution >= 0.6 is 23.4 Å². The van der Waals surface area contributed by atoms with Gasteiger partial charge in [-0.25, -0.2) is 9.78 Å². The fourth-order valence-corrected chi connectivity index (χ4v) is 3.55. The summed E-state index contributed by atoms with van der Waals surface area (Å²) >= 11 is 7.33. The third-order valence-electron chi connectivity index (χ3n) is 3.54. The minimum absolute atomic E-state index is 0.314. The Morgan fingerprint density at radius 1 is 1.29 bits per heavy atom. The number of carboxylic acids is 1. The number of thioether (sulfide) groups is 1. The van der Waals surface area contributed by atoms with Crippen LogP contribution in [0.2, 0.25) is 5.02 Å². The molecule has 1 aliphatic carbocycles. The summed E-state index contributed by atoms with van der Waals surface area (Å²) in [6, 6.07) is 9.37. The van der Waals surface area contributed by atoms with E-state index in [0.717, 1.165) is 36.1 Å². The Hall–Kier alpha value is -1.52. The number of carboxylic acid groups (broad SMARTS) is 1. The van der Waals surface area contributed by atoms with Gasteiger partial charge in [0.1, 0.15) is 5.03 Å². The van der Waals surface area contributed by atoms with Gasteiger partial charge in [-0.15, -0.1) is 11.8 Å². The lowest BCUT2D eigenvalue weighted by molar-refractivity contribution is 0.0692. The second-order valence-electron chi connectivity index (χ2n) is 5.02. The first-order valence-electron chi connectivity index (χ1n) is 6.77. The van der Waals surface area contributed by atoms with E-state index in [0.29, 0.717) is 21.4 Å². The van der Waals surface area contributed by atoms with Crippen molar-refractivity contribution in [2.24, 2.45) is 0 Å². The normalized spacial score (nSPS) is 13.2. The average molecular weight is 320 g/mol. The average Bonchev–Trinajstić information content (AvgIpc) is 2.92. The molecule has 1 aliphatic rings. The molecule has 0 spiro atoms. The fraction of sp³-hybridized carbons (Fsp3) is 0.250. The third-order valence-corrected chi connectivity index (χ3v) is 4.85. The van der Waals surface area contributed by atoms with Crippen molar-refractivity contribution in [3.63, 3.8) is 0 Å². The predicted molar refractivity (Wildman–Crippen MR) is 84.2 cm³/mol. The number of hydrogen-bond acceptors (Lipinski definition) is 3. The van der Waals surface area contributed by atoms with E-state index in [2.05, 4.69) is 4.98 Å². The van der Waals surface area contributed by atoms with Crippen molar-refractivity contribution in [2.75, 3.05) is 0 Å².